The number of hydrogen-bond acceptors (Lipinski definition) is 3. The Kier molecular flexibility index (Phi) is 6.54. The van der Waals surface area contributed by atoms with E-state index in [1.165, 1.54) is 0 Å². The molecule has 0 spiro atoms. The molecule has 0 N–H and O–H groups in total. The Labute approximate surface area is 86.0 Å². The molecule has 0 radical (unpaired) electrons. The van der Waals surface area contributed by atoms with Gasteiger partial charge in [0, 0.05) is 18.7 Å². The fourth-order valence-corrected chi connectivity index (χ4v) is 0.874. The molecule has 0 bridgehead atoms. The first-order chi connectivity index (χ1) is 6.61. The minimum atomic E-state index is -0.339. The van der Waals surface area contributed by atoms with Crippen molar-refractivity contribution < 1.29 is 9.53 Å². The van der Waals surface area contributed by atoms with Crippen molar-refractivity contribution in [1.29, 1.82) is 0 Å². The Morgan fingerprint density at radius 2 is 2.00 bits per heavy atom. The van der Waals surface area contributed by atoms with Gasteiger partial charge in [-0.05, 0) is 33.0 Å². The van der Waals surface area contributed by atoms with Crippen LogP contribution in [0.25, 0.3) is 0 Å². The van der Waals surface area contributed by atoms with Gasteiger partial charge in [0.25, 0.3) is 0 Å². The van der Waals surface area contributed by atoms with Gasteiger partial charge in [-0.15, -0.1) is 0 Å². The first-order valence-electron chi connectivity index (χ1n) is 4.85. The summed E-state index contributed by atoms with van der Waals surface area (Å²) in [4.78, 5) is 13.1. The minimum Gasteiger partial charge on any atom is -0.458 e. The van der Waals surface area contributed by atoms with Crippen LogP contribution in [0, 0.1) is 0 Å². The number of esters is 1. The molecule has 0 aliphatic carbocycles. The maximum atomic E-state index is 11.0. The first kappa shape index (κ1) is 12.8. The summed E-state index contributed by atoms with van der Waals surface area (Å²) in [6, 6.07) is 0. The van der Waals surface area contributed by atoms with Gasteiger partial charge in [0.15, 0.2) is 0 Å². The van der Waals surface area contributed by atoms with Gasteiger partial charge in [0.1, 0.15) is 6.61 Å². The van der Waals surface area contributed by atoms with Crippen molar-refractivity contribution in [3.8, 4) is 0 Å². The van der Waals surface area contributed by atoms with Gasteiger partial charge in [-0.3, -0.25) is 0 Å². The highest BCUT2D eigenvalue weighted by molar-refractivity contribution is 5.86. The lowest BCUT2D eigenvalue weighted by Crippen LogP contribution is -2.15. The highest BCUT2D eigenvalue weighted by Gasteiger charge is 1.99. The number of ether oxygens (including phenoxy) is 1. The SMILES string of the molecule is C=C(C)C(=O)OCC=CN(CC)CC. The first-order valence-corrected chi connectivity index (χ1v) is 4.85. The number of hydrogen-bond donors (Lipinski definition) is 0. The molecular weight excluding hydrogens is 178 g/mol. The predicted molar refractivity (Wildman–Crippen MR) is 57.8 cm³/mol. The van der Waals surface area contributed by atoms with Gasteiger partial charge in [0.2, 0.25) is 0 Å². The third kappa shape index (κ3) is 5.41. The summed E-state index contributed by atoms with van der Waals surface area (Å²) in [5, 5.41) is 0. The standard InChI is InChI=1S/C11H19NO2/c1-5-12(6-2)8-7-9-14-11(13)10(3)4/h7-8H,3,5-6,9H2,1-2,4H3. The maximum Gasteiger partial charge on any atom is 0.333 e. The molecule has 3 heteroatoms. The normalized spacial score (nSPS) is 10.2. The zero-order valence-electron chi connectivity index (χ0n) is 9.25. The van der Waals surface area contributed by atoms with E-state index in [1.807, 2.05) is 12.3 Å². The molecule has 0 heterocycles. The summed E-state index contributed by atoms with van der Waals surface area (Å²) in [6.07, 6.45) is 3.76. The molecule has 0 aromatic carbocycles. The lowest BCUT2D eigenvalue weighted by Gasteiger charge is -2.14. The molecule has 3 nitrogen and oxygen atoms in total. The number of carbonyl (C=O) groups is 1. The van der Waals surface area contributed by atoms with E-state index < -0.39 is 0 Å². The van der Waals surface area contributed by atoms with Gasteiger partial charge in [-0.2, -0.15) is 0 Å². The van der Waals surface area contributed by atoms with Crippen molar-refractivity contribution in [2.75, 3.05) is 19.7 Å². The Morgan fingerprint density at radius 3 is 2.43 bits per heavy atom. The highest BCUT2D eigenvalue weighted by atomic mass is 16.5. The summed E-state index contributed by atoms with van der Waals surface area (Å²) in [7, 11) is 0. The molecule has 0 aliphatic heterocycles. The largest absolute Gasteiger partial charge is 0.458 e. The molecule has 0 saturated carbocycles. The van der Waals surface area contributed by atoms with Crippen LogP contribution in [0.15, 0.2) is 24.4 Å². The zero-order chi connectivity index (χ0) is 11.0. The van der Waals surface area contributed by atoms with Crippen molar-refractivity contribution in [2.45, 2.75) is 20.8 Å². The molecule has 0 rings (SSSR count). The van der Waals surface area contributed by atoms with Crippen molar-refractivity contribution >= 4 is 5.97 Å². The van der Waals surface area contributed by atoms with Crippen LogP contribution in [-0.4, -0.2) is 30.6 Å². The Bertz CT molecular complexity index is 217. The van der Waals surface area contributed by atoms with Crippen molar-refractivity contribution in [3.63, 3.8) is 0 Å². The monoisotopic (exact) mass is 197 g/mol. The molecule has 0 unspecified atom stereocenters. The van der Waals surface area contributed by atoms with Crippen LogP contribution < -0.4 is 0 Å². The predicted octanol–water partition coefficient (Wildman–Crippen LogP) is 1.96. The zero-order valence-corrected chi connectivity index (χ0v) is 9.25. The van der Waals surface area contributed by atoms with E-state index in [0.29, 0.717) is 12.2 Å². The molecule has 0 aromatic heterocycles. The number of rotatable bonds is 6. The average Bonchev–Trinajstić information content (AvgIpc) is 2.17. The molecule has 0 atom stereocenters. The summed E-state index contributed by atoms with van der Waals surface area (Å²) < 4.78 is 4.89. The van der Waals surface area contributed by atoms with Crippen molar-refractivity contribution in [1.82, 2.24) is 4.90 Å². The van der Waals surface area contributed by atoms with Crippen molar-refractivity contribution in [2.24, 2.45) is 0 Å². The smallest absolute Gasteiger partial charge is 0.333 e. The van der Waals surface area contributed by atoms with Crippen LogP contribution in [0.1, 0.15) is 20.8 Å². The summed E-state index contributed by atoms with van der Waals surface area (Å²) in [6.45, 7) is 11.5. The lowest BCUT2D eigenvalue weighted by molar-refractivity contribution is -0.137. The summed E-state index contributed by atoms with van der Waals surface area (Å²) in [5.41, 5.74) is 0.432. The quantitative estimate of drug-likeness (QED) is 0.481. The van der Waals surface area contributed by atoms with E-state index in [0.717, 1.165) is 13.1 Å². The number of nitrogens with zero attached hydrogens (tertiary/aromatic N) is 1. The van der Waals surface area contributed by atoms with Gasteiger partial charge in [0.05, 0.1) is 0 Å². The Balaban J connectivity index is 3.72. The number of carbonyl (C=O) groups excluding carboxylic acids is 1. The topological polar surface area (TPSA) is 29.5 Å². The Hall–Kier alpha value is -1.25. The third-order valence-electron chi connectivity index (χ3n) is 1.79. The van der Waals surface area contributed by atoms with Gasteiger partial charge < -0.3 is 9.64 Å². The van der Waals surface area contributed by atoms with E-state index >= 15 is 0 Å². The molecule has 0 saturated heterocycles. The lowest BCUT2D eigenvalue weighted by atomic mass is 10.4. The van der Waals surface area contributed by atoms with Gasteiger partial charge >= 0.3 is 5.97 Å². The molecule has 0 fully saturated rings. The molecule has 14 heavy (non-hydrogen) atoms. The van der Waals surface area contributed by atoms with Crippen LogP contribution in [0.4, 0.5) is 0 Å². The van der Waals surface area contributed by atoms with Crippen molar-refractivity contribution in [3.05, 3.63) is 24.4 Å². The molecule has 0 aliphatic rings. The van der Waals surface area contributed by atoms with Crippen LogP contribution >= 0.6 is 0 Å². The van der Waals surface area contributed by atoms with E-state index in [9.17, 15) is 4.79 Å². The summed E-state index contributed by atoms with van der Waals surface area (Å²) >= 11 is 0. The maximum absolute atomic E-state index is 11.0. The molecular formula is C11H19NO2. The minimum absolute atomic E-state index is 0.308. The molecule has 0 aromatic rings. The fraction of sp³-hybridized carbons (Fsp3) is 0.545. The second-order valence-corrected chi connectivity index (χ2v) is 2.98. The van der Waals surface area contributed by atoms with E-state index in [4.69, 9.17) is 4.74 Å². The van der Waals surface area contributed by atoms with Gasteiger partial charge in [-0.1, -0.05) is 6.58 Å². The second kappa shape index (κ2) is 7.18. The molecule has 0 amide bonds. The van der Waals surface area contributed by atoms with E-state index in [-0.39, 0.29) is 5.97 Å². The third-order valence-corrected chi connectivity index (χ3v) is 1.79. The fourth-order valence-electron chi connectivity index (χ4n) is 0.874. The highest BCUT2D eigenvalue weighted by Crippen LogP contribution is 1.93. The average molecular weight is 197 g/mol. The van der Waals surface area contributed by atoms with E-state index in [2.05, 4.69) is 25.3 Å². The van der Waals surface area contributed by atoms with E-state index in [1.54, 1.807) is 6.92 Å². The van der Waals surface area contributed by atoms with Gasteiger partial charge in [-0.25, -0.2) is 4.79 Å². The van der Waals surface area contributed by atoms with Crippen LogP contribution in [0.2, 0.25) is 0 Å². The van der Waals surface area contributed by atoms with Crippen LogP contribution in [0.5, 0.6) is 0 Å². The Morgan fingerprint density at radius 1 is 1.43 bits per heavy atom. The van der Waals surface area contributed by atoms with Crippen LogP contribution in [0.3, 0.4) is 0 Å². The van der Waals surface area contributed by atoms with Crippen LogP contribution in [-0.2, 0) is 9.53 Å². The second-order valence-electron chi connectivity index (χ2n) is 2.98. The molecule has 80 valence electrons. The summed E-state index contributed by atoms with van der Waals surface area (Å²) in [5.74, 6) is -0.339.